The number of benzene rings is 2. The molecule has 1 aromatic heterocycles. The van der Waals surface area contributed by atoms with Crippen molar-refractivity contribution in [3.63, 3.8) is 0 Å². The van der Waals surface area contributed by atoms with E-state index in [4.69, 9.17) is 9.47 Å². The Morgan fingerprint density at radius 3 is 2.34 bits per heavy atom. The summed E-state index contributed by atoms with van der Waals surface area (Å²) in [5.74, 6) is -4.40. The molecule has 4 atom stereocenters. The lowest BCUT2D eigenvalue weighted by Crippen LogP contribution is -2.56. The van der Waals surface area contributed by atoms with Crippen LogP contribution in [0.4, 0.5) is 4.79 Å². The van der Waals surface area contributed by atoms with Crippen molar-refractivity contribution in [3.8, 4) is 0 Å². The van der Waals surface area contributed by atoms with E-state index in [1.54, 1.807) is 68.6 Å². The highest BCUT2D eigenvalue weighted by molar-refractivity contribution is 5.96. The van der Waals surface area contributed by atoms with Gasteiger partial charge in [-0.25, -0.2) is 9.59 Å². The summed E-state index contributed by atoms with van der Waals surface area (Å²) < 4.78 is 11.8. The number of aliphatic hydroxyl groups excluding tert-OH is 1. The van der Waals surface area contributed by atoms with Crippen LogP contribution >= 0.6 is 0 Å². The van der Waals surface area contributed by atoms with Crippen LogP contribution in [0.2, 0.25) is 0 Å². The van der Waals surface area contributed by atoms with Crippen molar-refractivity contribution in [2.45, 2.75) is 51.2 Å². The number of amides is 5. The number of fused-ring (bicyclic) bond motifs is 5. The van der Waals surface area contributed by atoms with Crippen LogP contribution in [0.15, 0.2) is 60.8 Å². The molecular weight excluding hydrogens is 612 g/mol. The summed E-state index contributed by atoms with van der Waals surface area (Å²) in [5.41, 5.74) is 1.68. The van der Waals surface area contributed by atoms with E-state index in [1.165, 1.54) is 4.57 Å². The average molecular weight is 651 g/mol. The molecule has 1 aliphatic heterocycles. The number of esters is 1. The SMILES string of the molecule is COC(=O)[C@@H]1Cc2cn(c3ccccc23)C(NC(=O)OCc2ccccc2)C(=O)N[C@@H](C(C)C)C(=O)NCC(=O)N[C@@H](CO)C(=O)N1. The Morgan fingerprint density at radius 2 is 1.66 bits per heavy atom. The Balaban J connectivity index is 1.79. The summed E-state index contributed by atoms with van der Waals surface area (Å²) in [7, 11) is 1.14. The first kappa shape index (κ1) is 34.4. The molecule has 1 unspecified atom stereocenters. The summed E-state index contributed by atoms with van der Waals surface area (Å²) in [5, 5.41) is 22.9. The molecule has 15 nitrogen and oxygen atoms in total. The van der Waals surface area contributed by atoms with Crippen LogP contribution in [0.3, 0.4) is 0 Å². The molecule has 2 heterocycles. The number of aromatic nitrogens is 1. The predicted octanol–water partition coefficient (Wildman–Crippen LogP) is 0.0143. The highest BCUT2D eigenvalue weighted by atomic mass is 16.5. The van der Waals surface area contributed by atoms with Gasteiger partial charge in [0.15, 0.2) is 6.17 Å². The number of methoxy groups -OCH3 is 1. The van der Waals surface area contributed by atoms with Gasteiger partial charge in [-0.2, -0.15) is 0 Å². The van der Waals surface area contributed by atoms with E-state index in [9.17, 15) is 33.9 Å². The van der Waals surface area contributed by atoms with Crippen LogP contribution in [0.25, 0.3) is 10.9 Å². The number of ether oxygens (including phenoxy) is 2. The molecule has 0 spiro atoms. The molecule has 0 saturated heterocycles. The van der Waals surface area contributed by atoms with Gasteiger partial charge in [-0.05, 0) is 23.1 Å². The molecule has 0 aliphatic carbocycles. The minimum Gasteiger partial charge on any atom is -0.467 e. The van der Waals surface area contributed by atoms with Crippen molar-refractivity contribution in [1.29, 1.82) is 0 Å². The smallest absolute Gasteiger partial charge is 0.409 e. The van der Waals surface area contributed by atoms with Crippen molar-refractivity contribution in [1.82, 2.24) is 31.2 Å². The zero-order valence-corrected chi connectivity index (χ0v) is 26.1. The summed E-state index contributed by atoms with van der Waals surface area (Å²) in [6, 6.07) is 12.0. The maximum absolute atomic E-state index is 14.0. The minimum atomic E-state index is -1.45. The lowest BCUT2D eigenvalue weighted by molar-refractivity contribution is -0.145. The first-order valence-electron chi connectivity index (χ1n) is 14.9. The minimum absolute atomic E-state index is 0.0763. The number of aliphatic hydroxyl groups is 1. The zero-order valence-electron chi connectivity index (χ0n) is 26.1. The predicted molar refractivity (Wildman–Crippen MR) is 167 cm³/mol. The third-order valence-electron chi connectivity index (χ3n) is 7.55. The summed E-state index contributed by atoms with van der Waals surface area (Å²) in [6.07, 6.45) is -0.951. The Hall–Kier alpha value is -5.44. The second kappa shape index (κ2) is 15.7. The van der Waals surface area contributed by atoms with Gasteiger partial charge in [0.2, 0.25) is 17.7 Å². The number of hydrogen-bond donors (Lipinski definition) is 6. The number of carbonyl (C=O) groups excluding carboxylic acids is 6. The quantitative estimate of drug-likeness (QED) is 0.199. The van der Waals surface area contributed by atoms with Crippen molar-refractivity contribution in [3.05, 3.63) is 71.9 Å². The van der Waals surface area contributed by atoms with E-state index in [-0.39, 0.29) is 13.0 Å². The van der Waals surface area contributed by atoms with Gasteiger partial charge in [0.05, 0.1) is 25.8 Å². The monoisotopic (exact) mass is 650 g/mol. The van der Waals surface area contributed by atoms with Crippen molar-refractivity contribution < 1.29 is 43.3 Å². The van der Waals surface area contributed by atoms with E-state index < -0.39 is 79.1 Å². The Labute approximate surface area is 270 Å². The number of nitrogens with zero attached hydrogens (tertiary/aromatic N) is 1. The molecule has 250 valence electrons. The zero-order chi connectivity index (χ0) is 34.1. The summed E-state index contributed by atoms with van der Waals surface area (Å²) in [6.45, 7) is 1.92. The maximum Gasteiger partial charge on any atom is 0.409 e. The van der Waals surface area contributed by atoms with Gasteiger partial charge in [0, 0.05) is 18.0 Å². The van der Waals surface area contributed by atoms with Crippen LogP contribution in [0.5, 0.6) is 0 Å². The van der Waals surface area contributed by atoms with Gasteiger partial charge in [-0.1, -0.05) is 62.4 Å². The fraction of sp³-hybridized carbons (Fsp3) is 0.375. The van der Waals surface area contributed by atoms with Crippen LogP contribution in [-0.4, -0.2) is 83.8 Å². The topological polar surface area (TPSA) is 206 Å². The summed E-state index contributed by atoms with van der Waals surface area (Å²) in [4.78, 5) is 78.8. The lowest BCUT2D eigenvalue weighted by atomic mass is 10.0. The molecule has 15 heteroatoms. The fourth-order valence-corrected chi connectivity index (χ4v) is 5.10. The third kappa shape index (κ3) is 8.64. The van der Waals surface area contributed by atoms with Gasteiger partial charge in [0.1, 0.15) is 24.7 Å². The van der Waals surface area contributed by atoms with E-state index >= 15 is 0 Å². The number of hydrogen-bond acceptors (Lipinski definition) is 9. The summed E-state index contributed by atoms with van der Waals surface area (Å²) >= 11 is 0. The Bertz CT molecular complexity index is 1620. The van der Waals surface area contributed by atoms with Gasteiger partial charge in [-0.15, -0.1) is 0 Å². The van der Waals surface area contributed by atoms with Crippen LogP contribution in [0, 0.1) is 5.92 Å². The normalized spacial score (nSPS) is 21.1. The number of nitrogens with one attached hydrogen (secondary N) is 5. The van der Waals surface area contributed by atoms with Gasteiger partial charge in [0.25, 0.3) is 5.91 Å². The van der Waals surface area contributed by atoms with Crippen LogP contribution in [-0.2, 0) is 46.5 Å². The molecule has 6 N–H and O–H groups in total. The van der Waals surface area contributed by atoms with E-state index in [0.29, 0.717) is 16.5 Å². The molecule has 4 rings (SSSR count). The van der Waals surface area contributed by atoms with E-state index in [0.717, 1.165) is 12.7 Å². The molecule has 47 heavy (non-hydrogen) atoms. The number of para-hydroxylation sites is 1. The maximum atomic E-state index is 14.0. The van der Waals surface area contributed by atoms with Crippen molar-refractivity contribution >= 4 is 46.6 Å². The Kier molecular flexibility index (Phi) is 11.5. The first-order chi connectivity index (χ1) is 22.5. The van der Waals surface area contributed by atoms with Gasteiger partial charge < -0.3 is 40.4 Å². The molecule has 1 aliphatic rings. The van der Waals surface area contributed by atoms with Crippen LogP contribution in [0.1, 0.15) is 31.1 Å². The molecule has 2 bridgehead atoms. The molecule has 5 amide bonds. The highest BCUT2D eigenvalue weighted by Crippen LogP contribution is 2.26. The second-order valence-electron chi connectivity index (χ2n) is 11.2. The molecular formula is C32H38N6O9. The van der Waals surface area contributed by atoms with Crippen molar-refractivity contribution in [2.24, 2.45) is 5.92 Å². The van der Waals surface area contributed by atoms with Gasteiger partial charge in [-0.3, -0.25) is 24.5 Å². The average Bonchev–Trinajstić information content (AvgIpc) is 3.43. The third-order valence-corrected chi connectivity index (χ3v) is 7.55. The van der Waals surface area contributed by atoms with E-state index in [2.05, 4.69) is 26.6 Å². The second-order valence-corrected chi connectivity index (χ2v) is 11.2. The lowest BCUT2D eigenvalue weighted by Gasteiger charge is -2.26. The molecule has 0 radical (unpaired) electrons. The molecule has 3 aromatic rings. The molecule has 2 aromatic carbocycles. The van der Waals surface area contributed by atoms with E-state index in [1.807, 2.05) is 6.07 Å². The van der Waals surface area contributed by atoms with Crippen molar-refractivity contribution in [2.75, 3.05) is 20.3 Å². The highest BCUT2D eigenvalue weighted by Gasteiger charge is 2.33. The molecule has 0 saturated carbocycles. The number of alkyl carbamates (subject to hydrolysis) is 1. The number of carbonyl (C=O) groups is 6. The first-order valence-corrected chi connectivity index (χ1v) is 14.9. The number of rotatable bonds is 6. The standard InChI is InChI=1S/C32H38N6O9/c1-18(2)26-29(42)33-14-25(40)34-23(16-39)28(41)35-22(31(44)46-3)13-20-15-38(24-12-8-7-11-21(20)24)27(30(43)36-26)37-32(45)47-17-19-9-5-4-6-10-19/h4-12,15,18,22-23,26-27,39H,13-14,16-17H2,1-3H3,(H,33,42)(H,34,40)(H,35,41)(H,36,43)(H,37,45)/t22-,23-,26-,27?/m0/s1. The Morgan fingerprint density at radius 1 is 0.957 bits per heavy atom. The molecule has 0 fully saturated rings. The van der Waals surface area contributed by atoms with Gasteiger partial charge >= 0.3 is 12.1 Å². The fourth-order valence-electron chi connectivity index (χ4n) is 5.10. The van der Waals surface area contributed by atoms with Crippen LogP contribution < -0.4 is 26.6 Å². The largest absolute Gasteiger partial charge is 0.467 e.